The van der Waals surface area contributed by atoms with Crippen LogP contribution in [0.5, 0.6) is 11.5 Å². The number of nitrogens with zero attached hydrogens (tertiary/aromatic N) is 1. The molecular formula is C23H26N2O5. The lowest BCUT2D eigenvalue weighted by Gasteiger charge is -2.11. The van der Waals surface area contributed by atoms with Crippen LogP contribution in [-0.4, -0.2) is 51.7 Å². The maximum absolute atomic E-state index is 12.5. The average molecular weight is 410 g/mol. The molecule has 0 bridgehead atoms. The van der Waals surface area contributed by atoms with E-state index in [1.807, 2.05) is 26.2 Å². The molecule has 158 valence electrons. The Bertz CT molecular complexity index is 1060. The third kappa shape index (κ3) is 5.39. The van der Waals surface area contributed by atoms with Crippen LogP contribution in [0.2, 0.25) is 0 Å². The summed E-state index contributed by atoms with van der Waals surface area (Å²) in [5.74, 6) is 0.899. The van der Waals surface area contributed by atoms with E-state index in [1.54, 1.807) is 36.4 Å². The average Bonchev–Trinajstić information content (AvgIpc) is 2.74. The zero-order valence-corrected chi connectivity index (χ0v) is 17.4. The second-order valence-corrected chi connectivity index (χ2v) is 7.15. The number of para-hydroxylation sites is 1. The predicted octanol–water partition coefficient (Wildman–Crippen LogP) is 2.92. The van der Waals surface area contributed by atoms with E-state index in [4.69, 9.17) is 13.9 Å². The first kappa shape index (κ1) is 21.4. The molecule has 1 N–H and O–H groups in total. The van der Waals surface area contributed by atoms with Gasteiger partial charge in [0.25, 0.3) is 5.91 Å². The summed E-state index contributed by atoms with van der Waals surface area (Å²) in [6, 6.07) is 14.2. The first-order chi connectivity index (χ1) is 14.5. The number of carbonyl (C=O) groups is 1. The molecule has 2 aromatic carbocycles. The second-order valence-electron chi connectivity index (χ2n) is 7.15. The first-order valence-electron chi connectivity index (χ1n) is 9.73. The number of hydrogen-bond donors (Lipinski definition) is 1. The molecule has 30 heavy (non-hydrogen) atoms. The van der Waals surface area contributed by atoms with Crippen molar-refractivity contribution >= 4 is 16.9 Å². The summed E-state index contributed by atoms with van der Waals surface area (Å²) < 4.78 is 16.2. The fourth-order valence-electron chi connectivity index (χ4n) is 3.03. The lowest BCUT2D eigenvalue weighted by atomic mass is 10.1. The summed E-state index contributed by atoms with van der Waals surface area (Å²) in [6.45, 7) is 1.47. The molecule has 3 aromatic rings. The number of benzene rings is 2. The van der Waals surface area contributed by atoms with Gasteiger partial charge in [-0.2, -0.15) is 0 Å². The molecule has 0 spiro atoms. The van der Waals surface area contributed by atoms with Crippen molar-refractivity contribution in [2.75, 3.05) is 40.9 Å². The van der Waals surface area contributed by atoms with E-state index >= 15 is 0 Å². The van der Waals surface area contributed by atoms with E-state index in [2.05, 4.69) is 10.2 Å². The highest BCUT2D eigenvalue weighted by atomic mass is 16.5. The van der Waals surface area contributed by atoms with Crippen molar-refractivity contribution in [3.05, 3.63) is 59.0 Å². The molecule has 0 fully saturated rings. The quantitative estimate of drug-likeness (QED) is 0.432. The lowest BCUT2D eigenvalue weighted by molar-refractivity contribution is -0.123. The fourth-order valence-corrected chi connectivity index (χ4v) is 3.03. The van der Waals surface area contributed by atoms with Crippen molar-refractivity contribution in [2.24, 2.45) is 0 Å². The summed E-state index contributed by atoms with van der Waals surface area (Å²) in [5.41, 5.74) is 1.12. The van der Waals surface area contributed by atoms with Crippen LogP contribution in [0.4, 0.5) is 0 Å². The standard InChI is InChI=1S/C23H26N2O5/c1-25(2)13-5-12-24-21(26)15-29-18-10-8-16(9-11-18)19-14-17-6-4-7-20(28-3)22(17)30-23(19)27/h4,6-11,14H,5,12-13,15H2,1-3H3,(H,24,26). The minimum Gasteiger partial charge on any atom is -0.493 e. The highest BCUT2D eigenvalue weighted by Gasteiger charge is 2.11. The highest BCUT2D eigenvalue weighted by molar-refractivity contribution is 5.86. The Balaban J connectivity index is 1.64. The van der Waals surface area contributed by atoms with Crippen molar-refractivity contribution in [1.82, 2.24) is 10.2 Å². The summed E-state index contributed by atoms with van der Waals surface area (Å²) in [7, 11) is 5.52. The largest absolute Gasteiger partial charge is 0.493 e. The van der Waals surface area contributed by atoms with Crippen molar-refractivity contribution < 1.29 is 18.7 Å². The third-order valence-corrected chi connectivity index (χ3v) is 4.58. The Labute approximate surface area is 175 Å². The molecule has 7 nitrogen and oxygen atoms in total. The molecule has 0 atom stereocenters. The minimum absolute atomic E-state index is 0.0563. The lowest BCUT2D eigenvalue weighted by Crippen LogP contribution is -2.31. The van der Waals surface area contributed by atoms with Gasteiger partial charge in [-0.25, -0.2) is 4.79 Å². The molecule has 0 saturated heterocycles. The van der Waals surface area contributed by atoms with E-state index in [1.165, 1.54) is 7.11 Å². The van der Waals surface area contributed by atoms with Crippen LogP contribution >= 0.6 is 0 Å². The van der Waals surface area contributed by atoms with E-state index < -0.39 is 5.63 Å². The fraction of sp³-hybridized carbons (Fsp3) is 0.304. The monoisotopic (exact) mass is 410 g/mol. The molecule has 0 aliphatic carbocycles. The van der Waals surface area contributed by atoms with Gasteiger partial charge in [0, 0.05) is 11.9 Å². The molecule has 1 amide bonds. The Hall–Kier alpha value is -3.32. The number of rotatable bonds is 9. The number of methoxy groups -OCH3 is 1. The van der Waals surface area contributed by atoms with Crippen LogP contribution in [0.15, 0.2) is 57.7 Å². The predicted molar refractivity (Wildman–Crippen MR) is 116 cm³/mol. The van der Waals surface area contributed by atoms with Gasteiger partial charge in [0.1, 0.15) is 5.75 Å². The molecule has 1 heterocycles. The number of hydrogen-bond acceptors (Lipinski definition) is 6. The summed E-state index contributed by atoms with van der Waals surface area (Å²) in [4.78, 5) is 26.4. The molecule has 0 radical (unpaired) electrons. The van der Waals surface area contributed by atoms with Gasteiger partial charge in [0.2, 0.25) is 0 Å². The molecule has 0 aliphatic rings. The zero-order chi connectivity index (χ0) is 21.5. The maximum Gasteiger partial charge on any atom is 0.344 e. The van der Waals surface area contributed by atoms with Gasteiger partial charge in [-0.05, 0) is 56.9 Å². The van der Waals surface area contributed by atoms with Crippen molar-refractivity contribution in [2.45, 2.75) is 6.42 Å². The van der Waals surface area contributed by atoms with Crippen molar-refractivity contribution in [3.63, 3.8) is 0 Å². The Morgan fingerprint density at radius 2 is 1.90 bits per heavy atom. The normalized spacial score (nSPS) is 10.9. The van der Waals surface area contributed by atoms with E-state index in [0.717, 1.165) is 18.4 Å². The molecule has 0 unspecified atom stereocenters. The van der Waals surface area contributed by atoms with Crippen LogP contribution < -0.4 is 20.4 Å². The second kappa shape index (κ2) is 9.93. The number of carbonyl (C=O) groups excluding carboxylic acids is 1. The van der Waals surface area contributed by atoms with E-state index in [-0.39, 0.29) is 12.5 Å². The van der Waals surface area contributed by atoms with Crippen LogP contribution in [0.25, 0.3) is 22.1 Å². The molecular weight excluding hydrogens is 384 g/mol. The summed E-state index contributed by atoms with van der Waals surface area (Å²) >= 11 is 0. The van der Waals surface area contributed by atoms with Gasteiger partial charge in [0.05, 0.1) is 12.7 Å². The molecule has 7 heteroatoms. The topological polar surface area (TPSA) is 81.0 Å². The van der Waals surface area contributed by atoms with Crippen molar-refractivity contribution in [3.8, 4) is 22.6 Å². The maximum atomic E-state index is 12.5. The van der Waals surface area contributed by atoms with Crippen LogP contribution in [0.3, 0.4) is 0 Å². The Morgan fingerprint density at radius 3 is 2.60 bits per heavy atom. The van der Waals surface area contributed by atoms with Gasteiger partial charge < -0.3 is 24.1 Å². The van der Waals surface area contributed by atoms with Crippen LogP contribution in [-0.2, 0) is 4.79 Å². The van der Waals surface area contributed by atoms with Gasteiger partial charge in [0.15, 0.2) is 17.9 Å². The number of ether oxygens (including phenoxy) is 2. The minimum atomic E-state index is -0.447. The van der Waals surface area contributed by atoms with E-state index in [9.17, 15) is 9.59 Å². The van der Waals surface area contributed by atoms with Gasteiger partial charge in [-0.1, -0.05) is 24.3 Å². The Morgan fingerprint density at radius 1 is 1.13 bits per heavy atom. The SMILES string of the molecule is COc1cccc2cc(-c3ccc(OCC(=O)NCCCN(C)C)cc3)c(=O)oc12. The first-order valence-corrected chi connectivity index (χ1v) is 9.73. The van der Waals surface area contributed by atoms with Crippen molar-refractivity contribution in [1.29, 1.82) is 0 Å². The third-order valence-electron chi connectivity index (χ3n) is 4.58. The summed E-state index contributed by atoms with van der Waals surface area (Å²) in [5, 5.41) is 3.60. The number of fused-ring (bicyclic) bond motifs is 1. The Kier molecular flexibility index (Phi) is 7.08. The highest BCUT2D eigenvalue weighted by Crippen LogP contribution is 2.28. The van der Waals surface area contributed by atoms with Crippen LogP contribution in [0.1, 0.15) is 6.42 Å². The summed E-state index contributed by atoms with van der Waals surface area (Å²) in [6.07, 6.45) is 0.883. The van der Waals surface area contributed by atoms with Gasteiger partial charge in [-0.15, -0.1) is 0 Å². The molecule has 0 aliphatic heterocycles. The smallest absolute Gasteiger partial charge is 0.344 e. The number of amides is 1. The van der Waals surface area contributed by atoms with E-state index in [0.29, 0.717) is 34.8 Å². The number of nitrogens with one attached hydrogen (secondary N) is 1. The zero-order valence-electron chi connectivity index (χ0n) is 17.4. The molecule has 3 rings (SSSR count). The van der Waals surface area contributed by atoms with Gasteiger partial charge >= 0.3 is 5.63 Å². The van der Waals surface area contributed by atoms with Gasteiger partial charge in [-0.3, -0.25) is 4.79 Å². The molecule has 1 aromatic heterocycles. The molecule has 0 saturated carbocycles. The van der Waals surface area contributed by atoms with Crippen LogP contribution in [0, 0.1) is 0 Å².